The van der Waals surface area contributed by atoms with Crippen LogP contribution >= 0.6 is 11.6 Å². The molecule has 0 saturated heterocycles. The second-order valence-electron chi connectivity index (χ2n) is 5.34. The van der Waals surface area contributed by atoms with E-state index in [1.807, 2.05) is 30.3 Å². The number of rotatable bonds is 4. The second-order valence-corrected chi connectivity index (χ2v) is 5.78. The number of fused-ring (bicyclic) bond motifs is 1. The van der Waals surface area contributed by atoms with Crippen LogP contribution in [0.1, 0.15) is 5.56 Å². The summed E-state index contributed by atoms with van der Waals surface area (Å²) in [7, 11) is 0. The van der Waals surface area contributed by atoms with Gasteiger partial charge in [0.05, 0.1) is 12.3 Å². The van der Waals surface area contributed by atoms with Gasteiger partial charge in [-0.1, -0.05) is 23.7 Å². The molecule has 0 unspecified atom stereocenters. The Morgan fingerprint density at radius 3 is 2.87 bits per heavy atom. The molecule has 1 amide bonds. The molecule has 23 heavy (non-hydrogen) atoms. The lowest BCUT2D eigenvalue weighted by Crippen LogP contribution is -2.45. The number of nitrogens with two attached hydrogens (primary N) is 1. The fourth-order valence-corrected chi connectivity index (χ4v) is 2.84. The number of aliphatic hydroxyl groups is 1. The van der Waals surface area contributed by atoms with Crippen LogP contribution in [0, 0.1) is 0 Å². The van der Waals surface area contributed by atoms with Crippen LogP contribution in [-0.4, -0.2) is 30.2 Å². The molecule has 3 N–H and O–H groups in total. The van der Waals surface area contributed by atoms with Gasteiger partial charge in [-0.3, -0.25) is 4.79 Å². The third kappa shape index (κ3) is 3.17. The van der Waals surface area contributed by atoms with E-state index in [0.717, 1.165) is 11.3 Å². The second kappa shape index (κ2) is 6.58. The Bertz CT molecular complexity index is 736. The molecule has 1 atom stereocenters. The first-order valence-electron chi connectivity index (χ1n) is 7.33. The number of aliphatic hydroxyl groups excluding tert-OH is 1. The Morgan fingerprint density at radius 1 is 1.35 bits per heavy atom. The highest BCUT2D eigenvalue weighted by Crippen LogP contribution is 2.37. The van der Waals surface area contributed by atoms with Crippen molar-refractivity contribution in [2.45, 2.75) is 12.5 Å². The van der Waals surface area contributed by atoms with Gasteiger partial charge in [0, 0.05) is 17.1 Å². The molecule has 1 aliphatic heterocycles. The molecule has 6 heteroatoms. The summed E-state index contributed by atoms with van der Waals surface area (Å²) in [4.78, 5) is 13.8. The van der Waals surface area contributed by atoms with Crippen LogP contribution in [0.4, 0.5) is 5.69 Å². The Hall–Kier alpha value is -2.08. The van der Waals surface area contributed by atoms with Crippen molar-refractivity contribution in [3.05, 3.63) is 53.1 Å². The average Bonchev–Trinajstić information content (AvgIpc) is 2.98. The van der Waals surface area contributed by atoms with Crippen LogP contribution in [0.3, 0.4) is 0 Å². The van der Waals surface area contributed by atoms with E-state index in [2.05, 4.69) is 0 Å². The van der Waals surface area contributed by atoms with Gasteiger partial charge in [-0.15, -0.1) is 0 Å². The normalized spacial score (nSPS) is 14.5. The van der Waals surface area contributed by atoms with Crippen molar-refractivity contribution < 1.29 is 14.6 Å². The quantitative estimate of drug-likeness (QED) is 0.901. The summed E-state index contributed by atoms with van der Waals surface area (Å²) in [5.41, 5.74) is 7.37. The molecule has 120 valence electrons. The van der Waals surface area contributed by atoms with Crippen molar-refractivity contribution >= 4 is 23.2 Å². The zero-order chi connectivity index (χ0) is 16.4. The minimum atomic E-state index is -0.904. The van der Waals surface area contributed by atoms with E-state index in [0.29, 0.717) is 29.5 Å². The number of halogens is 1. The molecule has 0 radical (unpaired) electrons. The Kier molecular flexibility index (Phi) is 4.52. The maximum atomic E-state index is 12.2. The molecule has 0 aromatic heterocycles. The minimum absolute atomic E-state index is 0.286. The van der Waals surface area contributed by atoms with E-state index in [-0.39, 0.29) is 12.5 Å². The van der Waals surface area contributed by atoms with Crippen molar-refractivity contribution in [1.29, 1.82) is 0 Å². The van der Waals surface area contributed by atoms with E-state index in [9.17, 15) is 4.79 Å². The van der Waals surface area contributed by atoms with Gasteiger partial charge in [0.2, 0.25) is 5.91 Å². The van der Waals surface area contributed by atoms with Gasteiger partial charge < -0.3 is 20.5 Å². The van der Waals surface area contributed by atoms with Gasteiger partial charge in [-0.2, -0.15) is 0 Å². The summed E-state index contributed by atoms with van der Waals surface area (Å²) in [6, 6.07) is 11.8. The molecule has 0 saturated carbocycles. The lowest BCUT2D eigenvalue weighted by atomic mass is 10.1. The zero-order valence-electron chi connectivity index (χ0n) is 12.4. The van der Waals surface area contributed by atoms with Gasteiger partial charge in [0.1, 0.15) is 17.5 Å². The summed E-state index contributed by atoms with van der Waals surface area (Å²) >= 11 is 5.97. The van der Waals surface area contributed by atoms with E-state index < -0.39 is 6.04 Å². The van der Waals surface area contributed by atoms with Crippen molar-refractivity contribution in [3.63, 3.8) is 0 Å². The van der Waals surface area contributed by atoms with Gasteiger partial charge in [0.25, 0.3) is 0 Å². The first kappa shape index (κ1) is 15.8. The van der Waals surface area contributed by atoms with E-state index >= 15 is 0 Å². The Balaban J connectivity index is 1.89. The van der Waals surface area contributed by atoms with E-state index in [1.165, 1.54) is 0 Å². The number of carbonyl (C=O) groups excluding carboxylic acids is 1. The summed E-state index contributed by atoms with van der Waals surface area (Å²) in [6.45, 7) is 0.154. The SMILES string of the molecule is N[C@H](CO)C(=O)N1CCc2c(Oc3cccc(Cl)c3)cccc21. The lowest BCUT2D eigenvalue weighted by molar-refractivity contribution is -0.120. The molecule has 2 aromatic carbocycles. The predicted molar refractivity (Wildman–Crippen MR) is 89.1 cm³/mol. The molecule has 2 aromatic rings. The molecule has 1 aliphatic rings. The fourth-order valence-electron chi connectivity index (χ4n) is 2.66. The van der Waals surface area contributed by atoms with Gasteiger partial charge >= 0.3 is 0 Å². The first-order valence-corrected chi connectivity index (χ1v) is 7.71. The monoisotopic (exact) mass is 332 g/mol. The fraction of sp³-hybridized carbons (Fsp3) is 0.235. The zero-order valence-corrected chi connectivity index (χ0v) is 13.2. The molecule has 3 rings (SSSR count). The first-order chi connectivity index (χ1) is 11.1. The molecular formula is C17H17ClN2O3. The number of carbonyl (C=O) groups is 1. The highest BCUT2D eigenvalue weighted by Gasteiger charge is 2.30. The third-order valence-electron chi connectivity index (χ3n) is 3.79. The third-order valence-corrected chi connectivity index (χ3v) is 4.02. The minimum Gasteiger partial charge on any atom is -0.457 e. The van der Waals surface area contributed by atoms with Crippen LogP contribution in [-0.2, 0) is 11.2 Å². The summed E-state index contributed by atoms with van der Waals surface area (Å²) in [5.74, 6) is 1.05. The summed E-state index contributed by atoms with van der Waals surface area (Å²) < 4.78 is 5.91. The van der Waals surface area contributed by atoms with Gasteiger partial charge in [-0.25, -0.2) is 0 Å². The number of amides is 1. The number of benzene rings is 2. The van der Waals surface area contributed by atoms with Crippen molar-refractivity contribution in [2.24, 2.45) is 5.73 Å². The van der Waals surface area contributed by atoms with Crippen LogP contribution in [0.25, 0.3) is 0 Å². The molecule has 5 nitrogen and oxygen atoms in total. The maximum absolute atomic E-state index is 12.2. The molecule has 0 fully saturated rings. The number of hydrogen-bond donors (Lipinski definition) is 2. The topological polar surface area (TPSA) is 75.8 Å². The maximum Gasteiger partial charge on any atom is 0.246 e. The lowest BCUT2D eigenvalue weighted by Gasteiger charge is -2.20. The highest BCUT2D eigenvalue weighted by atomic mass is 35.5. The molecule has 1 heterocycles. The van der Waals surface area contributed by atoms with Crippen molar-refractivity contribution in [3.8, 4) is 11.5 Å². The van der Waals surface area contributed by atoms with Crippen LogP contribution in [0.2, 0.25) is 5.02 Å². The van der Waals surface area contributed by atoms with Crippen LogP contribution < -0.4 is 15.4 Å². The van der Waals surface area contributed by atoms with Gasteiger partial charge in [0.15, 0.2) is 0 Å². The smallest absolute Gasteiger partial charge is 0.246 e. The average molecular weight is 333 g/mol. The Morgan fingerprint density at radius 2 is 2.13 bits per heavy atom. The Labute approximate surface area is 139 Å². The van der Waals surface area contributed by atoms with Crippen molar-refractivity contribution in [2.75, 3.05) is 18.1 Å². The summed E-state index contributed by atoms with van der Waals surface area (Å²) in [6.07, 6.45) is 0.677. The largest absolute Gasteiger partial charge is 0.457 e. The number of nitrogens with zero attached hydrogens (tertiary/aromatic N) is 1. The molecule has 0 aliphatic carbocycles. The molecular weight excluding hydrogens is 316 g/mol. The van der Waals surface area contributed by atoms with E-state index in [4.69, 9.17) is 27.2 Å². The number of anilines is 1. The molecule has 0 spiro atoms. The highest BCUT2D eigenvalue weighted by molar-refractivity contribution is 6.30. The van der Waals surface area contributed by atoms with Crippen molar-refractivity contribution in [1.82, 2.24) is 0 Å². The van der Waals surface area contributed by atoms with Crippen LogP contribution in [0.5, 0.6) is 11.5 Å². The number of hydrogen-bond acceptors (Lipinski definition) is 4. The predicted octanol–water partition coefficient (Wildman–Crippen LogP) is 2.34. The van der Waals surface area contributed by atoms with Gasteiger partial charge in [-0.05, 0) is 36.8 Å². The van der Waals surface area contributed by atoms with Crippen LogP contribution in [0.15, 0.2) is 42.5 Å². The summed E-state index contributed by atoms with van der Waals surface area (Å²) in [5, 5.41) is 9.68. The van der Waals surface area contributed by atoms with E-state index in [1.54, 1.807) is 17.0 Å². The standard InChI is InChI=1S/C17H17ClN2O3/c18-11-3-1-4-12(9-11)23-16-6-2-5-15-13(16)7-8-20(15)17(22)14(19)10-21/h1-6,9,14,21H,7-8,10,19H2/t14-/m1/s1. The molecule has 0 bridgehead atoms. The number of ether oxygens (including phenoxy) is 1.